The van der Waals surface area contributed by atoms with E-state index in [1.54, 1.807) is 0 Å². The molecular formula is C14H28O3Si. The van der Waals surface area contributed by atoms with Crippen LogP contribution < -0.4 is 0 Å². The highest BCUT2D eigenvalue weighted by Crippen LogP contribution is 2.32. The van der Waals surface area contributed by atoms with Crippen molar-refractivity contribution >= 4 is 8.07 Å². The molecule has 0 atom stereocenters. The summed E-state index contributed by atoms with van der Waals surface area (Å²) in [5.41, 5.74) is 1.78. The molecule has 18 heavy (non-hydrogen) atoms. The van der Waals surface area contributed by atoms with Gasteiger partial charge in [0, 0.05) is 0 Å². The first-order valence-electron chi connectivity index (χ1n) is 6.57. The number of ether oxygens (including phenoxy) is 3. The predicted octanol–water partition coefficient (Wildman–Crippen LogP) is 3.34. The maximum Gasteiger partial charge on any atom is 0.270 e. The van der Waals surface area contributed by atoms with Crippen LogP contribution in [0.3, 0.4) is 0 Å². The third-order valence-electron chi connectivity index (χ3n) is 2.30. The van der Waals surface area contributed by atoms with Gasteiger partial charge in [0.25, 0.3) is 5.60 Å². The van der Waals surface area contributed by atoms with Gasteiger partial charge in [-0.25, -0.2) is 0 Å². The SMILES string of the molecule is C#C[Si](C)(C)C(OC(C)C)(OC(C)C)OC(C)C. The Labute approximate surface area is 113 Å². The summed E-state index contributed by atoms with van der Waals surface area (Å²) in [5.74, 6) is 0. The monoisotopic (exact) mass is 272 g/mol. The molecule has 0 N–H and O–H groups in total. The van der Waals surface area contributed by atoms with Crippen LogP contribution in [0.4, 0.5) is 0 Å². The van der Waals surface area contributed by atoms with Gasteiger partial charge in [0.05, 0.1) is 18.3 Å². The van der Waals surface area contributed by atoms with Gasteiger partial charge >= 0.3 is 0 Å². The minimum atomic E-state index is -2.28. The first kappa shape index (κ1) is 17.7. The lowest BCUT2D eigenvalue weighted by Crippen LogP contribution is -2.62. The summed E-state index contributed by atoms with van der Waals surface area (Å²) < 4.78 is 18.0. The lowest BCUT2D eigenvalue weighted by atomic mass is 10.4. The van der Waals surface area contributed by atoms with Gasteiger partial charge in [0.1, 0.15) is 0 Å². The Morgan fingerprint density at radius 3 is 1.28 bits per heavy atom. The minimum absolute atomic E-state index is 0.0115. The van der Waals surface area contributed by atoms with E-state index in [1.807, 2.05) is 54.6 Å². The Morgan fingerprint density at radius 2 is 1.11 bits per heavy atom. The molecule has 0 heterocycles. The minimum Gasteiger partial charge on any atom is -0.328 e. The zero-order valence-electron chi connectivity index (χ0n) is 13.0. The van der Waals surface area contributed by atoms with E-state index >= 15 is 0 Å². The van der Waals surface area contributed by atoms with Crippen LogP contribution in [0, 0.1) is 12.0 Å². The van der Waals surface area contributed by atoms with E-state index in [-0.39, 0.29) is 18.3 Å². The van der Waals surface area contributed by atoms with Crippen molar-refractivity contribution in [2.24, 2.45) is 0 Å². The largest absolute Gasteiger partial charge is 0.328 e. The van der Waals surface area contributed by atoms with Crippen LogP contribution in [-0.2, 0) is 14.2 Å². The summed E-state index contributed by atoms with van der Waals surface area (Å²) >= 11 is 0. The van der Waals surface area contributed by atoms with Crippen molar-refractivity contribution in [2.75, 3.05) is 0 Å². The molecule has 0 unspecified atom stereocenters. The molecule has 0 aromatic heterocycles. The molecule has 0 aliphatic rings. The molecule has 0 bridgehead atoms. The highest BCUT2D eigenvalue weighted by molar-refractivity contribution is 6.86. The van der Waals surface area contributed by atoms with E-state index in [4.69, 9.17) is 20.6 Å². The molecule has 0 rings (SSSR count). The van der Waals surface area contributed by atoms with Crippen molar-refractivity contribution in [3.8, 4) is 12.0 Å². The van der Waals surface area contributed by atoms with Gasteiger partial charge in [0.2, 0.25) is 8.07 Å². The Morgan fingerprint density at radius 1 is 0.833 bits per heavy atom. The average Bonchev–Trinajstić information content (AvgIpc) is 2.13. The van der Waals surface area contributed by atoms with Crippen LogP contribution in [0.2, 0.25) is 13.1 Å². The normalized spacial score (nSPS) is 13.4. The smallest absolute Gasteiger partial charge is 0.270 e. The third kappa shape index (κ3) is 4.73. The van der Waals surface area contributed by atoms with E-state index in [0.29, 0.717) is 0 Å². The Bertz CT molecular complexity index is 263. The fourth-order valence-electron chi connectivity index (χ4n) is 1.54. The van der Waals surface area contributed by atoms with Crippen molar-refractivity contribution in [2.45, 2.75) is 78.5 Å². The van der Waals surface area contributed by atoms with Gasteiger partial charge in [-0.05, 0) is 41.5 Å². The topological polar surface area (TPSA) is 27.7 Å². The molecule has 0 saturated carbocycles. The highest BCUT2D eigenvalue weighted by atomic mass is 28.3. The Kier molecular flexibility index (Phi) is 6.59. The van der Waals surface area contributed by atoms with E-state index in [2.05, 4.69) is 5.54 Å². The van der Waals surface area contributed by atoms with Crippen LogP contribution in [0.1, 0.15) is 41.5 Å². The molecule has 0 aliphatic carbocycles. The molecule has 0 aromatic carbocycles. The lowest BCUT2D eigenvalue weighted by Gasteiger charge is -2.44. The third-order valence-corrected chi connectivity index (χ3v) is 4.91. The number of hydrogen-bond acceptors (Lipinski definition) is 3. The first-order valence-corrected chi connectivity index (χ1v) is 9.57. The molecule has 0 saturated heterocycles. The number of rotatable bonds is 7. The highest BCUT2D eigenvalue weighted by Gasteiger charge is 2.52. The Hall–Kier alpha value is -0.343. The summed E-state index contributed by atoms with van der Waals surface area (Å²) in [4.78, 5) is 0. The number of terminal acetylenes is 1. The second-order valence-corrected chi connectivity index (χ2v) is 9.98. The fourth-order valence-corrected chi connectivity index (χ4v) is 3.31. The zero-order valence-corrected chi connectivity index (χ0v) is 14.0. The van der Waals surface area contributed by atoms with E-state index in [1.165, 1.54) is 0 Å². The van der Waals surface area contributed by atoms with Crippen molar-refractivity contribution < 1.29 is 14.2 Å². The second-order valence-electron chi connectivity index (χ2n) is 5.83. The quantitative estimate of drug-likeness (QED) is 0.404. The summed E-state index contributed by atoms with van der Waals surface area (Å²) in [6.07, 6.45) is 5.66. The van der Waals surface area contributed by atoms with Crippen molar-refractivity contribution in [3.63, 3.8) is 0 Å². The molecule has 0 fully saturated rings. The van der Waals surface area contributed by atoms with Gasteiger partial charge in [-0.15, -0.1) is 12.0 Å². The molecule has 3 nitrogen and oxygen atoms in total. The molecular weight excluding hydrogens is 244 g/mol. The maximum atomic E-state index is 5.99. The van der Waals surface area contributed by atoms with Crippen LogP contribution in [0.15, 0.2) is 0 Å². The molecule has 0 spiro atoms. The average molecular weight is 272 g/mol. The van der Waals surface area contributed by atoms with Gasteiger partial charge in [0.15, 0.2) is 0 Å². The lowest BCUT2D eigenvalue weighted by molar-refractivity contribution is -0.363. The molecule has 0 radical (unpaired) electrons. The van der Waals surface area contributed by atoms with Gasteiger partial charge in [-0.2, -0.15) is 0 Å². The summed E-state index contributed by atoms with van der Waals surface area (Å²) in [7, 11) is -2.28. The second kappa shape index (κ2) is 6.72. The van der Waals surface area contributed by atoms with Crippen LogP contribution in [0.25, 0.3) is 0 Å². The predicted molar refractivity (Wildman–Crippen MR) is 77.7 cm³/mol. The molecule has 4 heteroatoms. The summed E-state index contributed by atoms with van der Waals surface area (Å²) in [5, 5.41) is 0. The number of hydrogen-bond donors (Lipinski definition) is 0. The molecule has 0 amide bonds. The molecule has 0 aromatic rings. The van der Waals surface area contributed by atoms with Crippen LogP contribution in [0.5, 0.6) is 0 Å². The van der Waals surface area contributed by atoms with Crippen LogP contribution >= 0.6 is 0 Å². The summed E-state index contributed by atoms with van der Waals surface area (Å²) in [6.45, 7) is 15.8. The van der Waals surface area contributed by atoms with E-state index < -0.39 is 13.7 Å². The molecule has 0 aliphatic heterocycles. The summed E-state index contributed by atoms with van der Waals surface area (Å²) in [6, 6.07) is 0. The van der Waals surface area contributed by atoms with E-state index in [9.17, 15) is 0 Å². The van der Waals surface area contributed by atoms with Gasteiger partial charge < -0.3 is 14.2 Å². The molecule has 106 valence electrons. The van der Waals surface area contributed by atoms with Gasteiger partial charge in [-0.1, -0.05) is 13.1 Å². The zero-order chi connectivity index (χ0) is 14.6. The van der Waals surface area contributed by atoms with E-state index in [0.717, 1.165) is 0 Å². The standard InChI is InChI=1S/C14H28O3Si/c1-10-18(8,9)14(15-11(2)3,16-12(4)5)17-13(6)7/h1,11-13H,2-9H3. The fraction of sp³-hybridized carbons (Fsp3) is 0.857. The van der Waals surface area contributed by atoms with Crippen molar-refractivity contribution in [1.29, 1.82) is 0 Å². The van der Waals surface area contributed by atoms with Crippen molar-refractivity contribution in [3.05, 3.63) is 0 Å². The first-order chi connectivity index (χ1) is 8.06. The maximum absolute atomic E-state index is 5.99. The van der Waals surface area contributed by atoms with Crippen molar-refractivity contribution in [1.82, 2.24) is 0 Å². The van der Waals surface area contributed by atoms with Crippen LogP contribution in [-0.4, -0.2) is 32.0 Å². The Balaban J connectivity index is 5.47. The van der Waals surface area contributed by atoms with Gasteiger partial charge in [-0.3, -0.25) is 0 Å².